The molecule has 1 saturated heterocycles. The molecule has 1 fully saturated rings. The summed E-state index contributed by atoms with van der Waals surface area (Å²) in [4.78, 5) is 26.1. The summed E-state index contributed by atoms with van der Waals surface area (Å²) in [5.74, 6) is -0.941. The number of hydrogen-bond donors (Lipinski definition) is 2. The first-order chi connectivity index (χ1) is 14.3. The number of nitrogens with zero attached hydrogens (tertiary/aromatic N) is 1. The van der Waals surface area contributed by atoms with E-state index in [4.69, 9.17) is 4.74 Å². The number of hydrogen-bond acceptors (Lipinski definition) is 4. The van der Waals surface area contributed by atoms with Crippen molar-refractivity contribution in [2.24, 2.45) is 0 Å². The standard InChI is InChI=1S/C22H25BrFN3O3/c1-14-12-27(13-15(2)30-14)20-8-7-18(11-19(20)24)26-21(28)9-10-25-22(29)16-3-5-17(23)6-4-16/h3-8,11,14-15H,9-10,12-13H2,1-2H3,(H,25,29)(H,26,28). The molecule has 2 amide bonds. The largest absolute Gasteiger partial charge is 0.372 e. The fraction of sp³-hybridized carbons (Fsp3) is 0.364. The molecule has 0 spiro atoms. The van der Waals surface area contributed by atoms with Gasteiger partial charge in [0.05, 0.1) is 17.9 Å². The van der Waals surface area contributed by atoms with Crippen molar-refractivity contribution in [3.8, 4) is 0 Å². The Kier molecular flexibility index (Phi) is 7.44. The lowest BCUT2D eigenvalue weighted by Crippen LogP contribution is -2.45. The maximum Gasteiger partial charge on any atom is 0.251 e. The Hall–Kier alpha value is -2.45. The first-order valence-corrected chi connectivity index (χ1v) is 10.6. The molecular weight excluding hydrogens is 453 g/mol. The number of carbonyl (C=O) groups excluding carboxylic acids is 2. The second-order valence-electron chi connectivity index (χ2n) is 7.39. The van der Waals surface area contributed by atoms with Crippen LogP contribution in [0.3, 0.4) is 0 Å². The zero-order valence-corrected chi connectivity index (χ0v) is 18.5. The zero-order chi connectivity index (χ0) is 21.7. The van der Waals surface area contributed by atoms with Gasteiger partial charge in [0.25, 0.3) is 5.91 Å². The van der Waals surface area contributed by atoms with E-state index >= 15 is 0 Å². The van der Waals surface area contributed by atoms with Crippen molar-refractivity contribution in [1.82, 2.24) is 5.32 Å². The van der Waals surface area contributed by atoms with E-state index in [2.05, 4.69) is 26.6 Å². The Morgan fingerprint density at radius 2 is 1.80 bits per heavy atom. The molecule has 2 N–H and O–H groups in total. The highest BCUT2D eigenvalue weighted by Gasteiger charge is 2.24. The summed E-state index contributed by atoms with van der Waals surface area (Å²) in [5.41, 5.74) is 1.40. The Balaban J connectivity index is 1.50. The molecule has 1 aliphatic heterocycles. The summed E-state index contributed by atoms with van der Waals surface area (Å²) in [7, 11) is 0. The highest BCUT2D eigenvalue weighted by atomic mass is 79.9. The Morgan fingerprint density at radius 3 is 2.43 bits per heavy atom. The van der Waals surface area contributed by atoms with Gasteiger partial charge in [-0.1, -0.05) is 15.9 Å². The molecule has 0 radical (unpaired) electrons. The maximum absolute atomic E-state index is 14.6. The summed E-state index contributed by atoms with van der Waals surface area (Å²) in [5, 5.41) is 5.37. The number of amides is 2. The first kappa shape index (κ1) is 22.2. The van der Waals surface area contributed by atoms with Crippen molar-refractivity contribution in [2.45, 2.75) is 32.5 Å². The second kappa shape index (κ2) is 10.0. The van der Waals surface area contributed by atoms with Gasteiger partial charge in [-0.2, -0.15) is 0 Å². The van der Waals surface area contributed by atoms with Gasteiger partial charge in [0.2, 0.25) is 5.91 Å². The van der Waals surface area contributed by atoms with Gasteiger partial charge in [-0.05, 0) is 56.3 Å². The lowest BCUT2D eigenvalue weighted by molar-refractivity contribution is -0.116. The minimum Gasteiger partial charge on any atom is -0.372 e. The van der Waals surface area contributed by atoms with Crippen molar-refractivity contribution >= 4 is 39.1 Å². The molecule has 160 valence electrons. The third-order valence-corrected chi connectivity index (χ3v) is 5.26. The van der Waals surface area contributed by atoms with Gasteiger partial charge < -0.3 is 20.3 Å². The molecule has 30 heavy (non-hydrogen) atoms. The van der Waals surface area contributed by atoms with Gasteiger partial charge in [0.1, 0.15) is 5.82 Å². The van der Waals surface area contributed by atoms with Gasteiger partial charge in [-0.3, -0.25) is 9.59 Å². The van der Waals surface area contributed by atoms with Gasteiger partial charge in [-0.25, -0.2) is 4.39 Å². The highest BCUT2D eigenvalue weighted by molar-refractivity contribution is 9.10. The molecule has 1 heterocycles. The van der Waals surface area contributed by atoms with E-state index in [1.807, 2.05) is 18.7 Å². The molecule has 2 atom stereocenters. The minimum atomic E-state index is -0.391. The number of halogens is 2. The van der Waals surface area contributed by atoms with Crippen molar-refractivity contribution in [2.75, 3.05) is 29.9 Å². The van der Waals surface area contributed by atoms with Crippen LogP contribution in [0.5, 0.6) is 0 Å². The number of anilines is 2. The number of rotatable bonds is 6. The Morgan fingerprint density at radius 1 is 1.13 bits per heavy atom. The van der Waals surface area contributed by atoms with Crippen LogP contribution in [0.4, 0.5) is 15.8 Å². The lowest BCUT2D eigenvalue weighted by atomic mass is 10.1. The van der Waals surface area contributed by atoms with Crippen LogP contribution in [0, 0.1) is 5.82 Å². The molecule has 2 aromatic carbocycles. The molecule has 1 aliphatic rings. The summed E-state index contributed by atoms with van der Waals surface area (Å²) in [6, 6.07) is 11.6. The van der Waals surface area contributed by atoms with Gasteiger partial charge >= 0.3 is 0 Å². The van der Waals surface area contributed by atoms with Crippen molar-refractivity contribution in [1.29, 1.82) is 0 Å². The third-order valence-electron chi connectivity index (χ3n) is 4.74. The summed E-state index contributed by atoms with van der Waals surface area (Å²) < 4.78 is 21.2. The van der Waals surface area contributed by atoms with E-state index in [0.717, 1.165) is 4.47 Å². The van der Waals surface area contributed by atoms with Crippen LogP contribution in [-0.4, -0.2) is 43.7 Å². The molecule has 0 aromatic heterocycles. The number of ether oxygens (including phenoxy) is 1. The fourth-order valence-corrected chi connectivity index (χ4v) is 3.70. The third kappa shape index (κ3) is 6.03. The average Bonchev–Trinajstić information content (AvgIpc) is 2.67. The van der Waals surface area contributed by atoms with E-state index < -0.39 is 5.82 Å². The second-order valence-corrected chi connectivity index (χ2v) is 8.31. The molecule has 8 heteroatoms. The van der Waals surface area contributed by atoms with Crippen LogP contribution in [0.2, 0.25) is 0 Å². The minimum absolute atomic E-state index is 0.0279. The number of nitrogens with one attached hydrogen (secondary N) is 2. The molecule has 0 bridgehead atoms. The molecular formula is C22H25BrFN3O3. The Bertz CT molecular complexity index is 897. The smallest absolute Gasteiger partial charge is 0.251 e. The predicted octanol–water partition coefficient (Wildman–Crippen LogP) is 3.96. The number of morpholine rings is 1. The molecule has 0 aliphatic carbocycles. The predicted molar refractivity (Wildman–Crippen MR) is 118 cm³/mol. The van der Waals surface area contributed by atoms with E-state index in [-0.39, 0.29) is 37.0 Å². The fourth-order valence-electron chi connectivity index (χ4n) is 3.43. The number of benzene rings is 2. The summed E-state index contributed by atoms with van der Waals surface area (Å²) in [6.45, 7) is 5.34. The lowest BCUT2D eigenvalue weighted by Gasteiger charge is -2.37. The molecule has 3 rings (SSSR count). The topological polar surface area (TPSA) is 70.7 Å². The van der Waals surface area contributed by atoms with Crippen LogP contribution in [0.15, 0.2) is 46.9 Å². The average molecular weight is 478 g/mol. The van der Waals surface area contributed by atoms with E-state index in [0.29, 0.717) is 30.0 Å². The summed E-state index contributed by atoms with van der Waals surface area (Å²) in [6.07, 6.45) is 0.143. The SMILES string of the molecule is CC1CN(c2ccc(NC(=O)CCNC(=O)c3ccc(Br)cc3)cc2F)CC(C)O1. The van der Waals surface area contributed by atoms with Crippen molar-refractivity contribution in [3.63, 3.8) is 0 Å². The highest BCUT2D eigenvalue weighted by Crippen LogP contribution is 2.26. The van der Waals surface area contributed by atoms with Gasteiger partial charge in [0, 0.05) is 41.8 Å². The van der Waals surface area contributed by atoms with E-state index in [1.54, 1.807) is 36.4 Å². The molecule has 6 nitrogen and oxygen atoms in total. The van der Waals surface area contributed by atoms with Crippen LogP contribution >= 0.6 is 15.9 Å². The van der Waals surface area contributed by atoms with E-state index in [9.17, 15) is 14.0 Å². The first-order valence-electron chi connectivity index (χ1n) is 9.85. The zero-order valence-electron chi connectivity index (χ0n) is 17.0. The van der Waals surface area contributed by atoms with Crippen LogP contribution < -0.4 is 15.5 Å². The van der Waals surface area contributed by atoms with Gasteiger partial charge in [-0.15, -0.1) is 0 Å². The van der Waals surface area contributed by atoms with E-state index in [1.165, 1.54) is 6.07 Å². The Labute approximate surface area is 183 Å². The normalized spacial score (nSPS) is 18.7. The van der Waals surface area contributed by atoms with Crippen LogP contribution in [0.25, 0.3) is 0 Å². The molecule has 2 aromatic rings. The monoisotopic (exact) mass is 477 g/mol. The maximum atomic E-state index is 14.6. The van der Waals surface area contributed by atoms with Crippen LogP contribution in [-0.2, 0) is 9.53 Å². The van der Waals surface area contributed by atoms with Crippen molar-refractivity contribution in [3.05, 3.63) is 58.3 Å². The van der Waals surface area contributed by atoms with Crippen molar-refractivity contribution < 1.29 is 18.7 Å². The van der Waals surface area contributed by atoms with Crippen LogP contribution in [0.1, 0.15) is 30.6 Å². The quantitative estimate of drug-likeness (QED) is 0.660. The molecule has 0 saturated carbocycles. The summed E-state index contributed by atoms with van der Waals surface area (Å²) >= 11 is 3.32. The molecule has 2 unspecified atom stereocenters. The number of carbonyl (C=O) groups is 2. The van der Waals surface area contributed by atoms with Gasteiger partial charge in [0.15, 0.2) is 0 Å².